The van der Waals surface area contributed by atoms with E-state index in [1.165, 1.54) is 0 Å². The van der Waals surface area contributed by atoms with Gasteiger partial charge < -0.3 is 14.7 Å². The standard InChI is InChI=1S/C57H62N6O3/c1-7-40(4)37-61(49-25-19-43(20-26-49)52-16-10-13-31-58-52)55(64)46-34-47(56(65)62(38-41(5)8-2)50-27-21-44(22-28-50)53-17-11-14-32-59-53)36-48(35-46)57(66)63(39-42(6)9-3)51-29-23-45(24-30-51)54-18-12-15-33-60-54/h10-23,25-36,40-42,45H,7-9,24,37-39H2,1-6H3. The van der Waals surface area contributed by atoms with Crippen LogP contribution >= 0.6 is 0 Å². The van der Waals surface area contributed by atoms with Crippen molar-refractivity contribution in [2.45, 2.75) is 73.1 Å². The number of anilines is 2. The Morgan fingerprint density at radius 3 is 1.30 bits per heavy atom. The number of carbonyl (C=O) groups excluding carboxylic acids is 3. The summed E-state index contributed by atoms with van der Waals surface area (Å²) in [6, 6.07) is 38.3. The summed E-state index contributed by atoms with van der Waals surface area (Å²) < 4.78 is 0. The van der Waals surface area contributed by atoms with Crippen molar-refractivity contribution in [2.24, 2.45) is 17.8 Å². The molecule has 6 aromatic rings. The van der Waals surface area contributed by atoms with E-state index in [9.17, 15) is 0 Å². The Morgan fingerprint density at radius 1 is 0.530 bits per heavy atom. The van der Waals surface area contributed by atoms with Crippen molar-refractivity contribution in [2.75, 3.05) is 29.4 Å². The lowest BCUT2D eigenvalue weighted by atomic mass is 9.94. The monoisotopic (exact) mass is 878 g/mol. The van der Waals surface area contributed by atoms with Crippen molar-refractivity contribution in [1.29, 1.82) is 0 Å². The summed E-state index contributed by atoms with van der Waals surface area (Å²) >= 11 is 0. The minimum atomic E-state index is -0.291. The summed E-state index contributed by atoms with van der Waals surface area (Å²) in [7, 11) is 0. The van der Waals surface area contributed by atoms with Crippen LogP contribution in [0.1, 0.15) is 110 Å². The fourth-order valence-electron chi connectivity index (χ4n) is 8.02. The average Bonchev–Trinajstić information content (AvgIpc) is 3.38. The van der Waals surface area contributed by atoms with E-state index in [1.807, 2.05) is 114 Å². The number of amides is 3. The normalized spacial score (nSPS) is 14.7. The fraction of sp³-hybridized carbons (Fsp3) is 0.298. The van der Waals surface area contributed by atoms with Gasteiger partial charge in [0.2, 0.25) is 0 Å². The van der Waals surface area contributed by atoms with E-state index < -0.39 is 0 Å². The van der Waals surface area contributed by atoms with Crippen molar-refractivity contribution in [3.05, 3.63) is 186 Å². The first kappa shape index (κ1) is 47.0. The first-order valence-corrected chi connectivity index (χ1v) is 23.5. The molecule has 0 saturated carbocycles. The molecule has 338 valence electrons. The maximum Gasteiger partial charge on any atom is 0.258 e. The molecule has 3 aromatic carbocycles. The molecule has 9 heteroatoms. The van der Waals surface area contributed by atoms with E-state index in [1.54, 1.807) is 46.6 Å². The minimum absolute atomic E-state index is 0.0877. The van der Waals surface area contributed by atoms with Crippen LogP contribution in [0, 0.1) is 17.8 Å². The van der Waals surface area contributed by atoms with E-state index in [2.05, 4.69) is 68.6 Å². The number of benzene rings is 3. The zero-order valence-electron chi connectivity index (χ0n) is 39.2. The number of hydrogen-bond acceptors (Lipinski definition) is 6. The lowest BCUT2D eigenvalue weighted by Crippen LogP contribution is -2.37. The fourth-order valence-corrected chi connectivity index (χ4v) is 8.02. The summed E-state index contributed by atoms with van der Waals surface area (Å²) in [4.78, 5) is 64.7. The topological polar surface area (TPSA) is 99.6 Å². The predicted molar refractivity (Wildman–Crippen MR) is 267 cm³/mol. The molecule has 66 heavy (non-hydrogen) atoms. The van der Waals surface area contributed by atoms with Crippen LogP contribution < -0.4 is 9.80 Å². The number of hydrogen-bond donors (Lipinski definition) is 0. The van der Waals surface area contributed by atoms with Gasteiger partial charge in [-0.05, 0) is 109 Å². The molecule has 3 heterocycles. The second-order valence-corrected chi connectivity index (χ2v) is 17.7. The summed E-state index contributed by atoms with van der Waals surface area (Å²) in [6.45, 7) is 14.1. The highest BCUT2D eigenvalue weighted by Crippen LogP contribution is 2.31. The van der Waals surface area contributed by atoms with Crippen LogP contribution in [0.5, 0.6) is 0 Å². The third-order valence-corrected chi connectivity index (χ3v) is 12.7. The Balaban J connectivity index is 1.32. The largest absolute Gasteiger partial charge is 0.308 e. The summed E-state index contributed by atoms with van der Waals surface area (Å²) in [5, 5.41) is 0. The molecule has 4 unspecified atom stereocenters. The van der Waals surface area contributed by atoms with Crippen LogP contribution in [0.25, 0.3) is 22.5 Å². The van der Waals surface area contributed by atoms with Gasteiger partial charge in [0.15, 0.2) is 0 Å². The highest BCUT2D eigenvalue weighted by molar-refractivity contribution is 6.12. The number of allylic oxidation sites excluding steroid dienone is 3. The zero-order chi connectivity index (χ0) is 46.6. The van der Waals surface area contributed by atoms with Crippen LogP contribution in [-0.4, -0.2) is 57.2 Å². The van der Waals surface area contributed by atoms with Gasteiger partial charge in [-0.3, -0.25) is 29.3 Å². The lowest BCUT2D eigenvalue weighted by molar-refractivity contribution is 0.0791. The Labute approximate surface area is 391 Å². The van der Waals surface area contributed by atoms with Crippen molar-refractivity contribution in [3.63, 3.8) is 0 Å². The molecule has 1 aliphatic rings. The molecule has 3 amide bonds. The van der Waals surface area contributed by atoms with Crippen LogP contribution in [0.4, 0.5) is 11.4 Å². The molecular weight excluding hydrogens is 817 g/mol. The molecule has 4 atom stereocenters. The Hall–Kier alpha value is -7.00. The number of pyridine rings is 3. The Bertz CT molecular complexity index is 2480. The molecule has 0 aliphatic heterocycles. The van der Waals surface area contributed by atoms with Crippen LogP contribution in [-0.2, 0) is 0 Å². The highest BCUT2D eigenvalue weighted by Gasteiger charge is 2.29. The lowest BCUT2D eigenvalue weighted by Gasteiger charge is -2.30. The molecule has 1 aliphatic carbocycles. The van der Waals surface area contributed by atoms with Crippen LogP contribution in [0.2, 0.25) is 0 Å². The van der Waals surface area contributed by atoms with Gasteiger partial charge in [-0.15, -0.1) is 0 Å². The van der Waals surface area contributed by atoms with Gasteiger partial charge in [0.1, 0.15) is 0 Å². The Kier molecular flexibility index (Phi) is 15.8. The summed E-state index contributed by atoms with van der Waals surface area (Å²) in [5.74, 6) is -0.245. The van der Waals surface area contributed by atoms with Crippen molar-refractivity contribution >= 4 is 29.1 Å². The SMILES string of the molecule is CCC(C)CN(C(=O)c1cc(C(=O)N(CC(C)CC)c2ccc(-c3ccccn3)cc2)cc(C(=O)N(CC(C)CC)c2ccc(-c3ccccn3)cc2)c1)C1=CCC(c2ccccn2)C=C1. The number of nitrogens with zero attached hydrogens (tertiary/aromatic N) is 6. The van der Waals surface area contributed by atoms with E-state index in [0.29, 0.717) is 37.4 Å². The van der Waals surface area contributed by atoms with Gasteiger partial charge in [-0.25, -0.2) is 0 Å². The van der Waals surface area contributed by atoms with Crippen molar-refractivity contribution in [3.8, 4) is 22.5 Å². The average molecular weight is 879 g/mol. The zero-order valence-corrected chi connectivity index (χ0v) is 39.2. The van der Waals surface area contributed by atoms with Crippen LogP contribution in [0.15, 0.2) is 164 Å². The highest BCUT2D eigenvalue weighted by atomic mass is 16.2. The summed E-state index contributed by atoms with van der Waals surface area (Å²) in [6.07, 6.45) is 14.8. The third-order valence-electron chi connectivity index (χ3n) is 12.7. The van der Waals surface area contributed by atoms with Gasteiger partial charge in [0, 0.05) is 94.7 Å². The van der Waals surface area contributed by atoms with E-state index in [-0.39, 0.29) is 58.1 Å². The smallest absolute Gasteiger partial charge is 0.258 e. The molecule has 0 fully saturated rings. The number of rotatable bonds is 18. The van der Waals surface area contributed by atoms with E-state index in [0.717, 1.165) is 53.2 Å². The van der Waals surface area contributed by atoms with Gasteiger partial charge >= 0.3 is 0 Å². The molecule has 0 spiro atoms. The first-order valence-electron chi connectivity index (χ1n) is 23.5. The third kappa shape index (κ3) is 11.4. The maximum atomic E-state index is 15.2. The second kappa shape index (κ2) is 22.3. The molecule has 0 bridgehead atoms. The predicted octanol–water partition coefficient (Wildman–Crippen LogP) is 12.7. The van der Waals surface area contributed by atoms with Gasteiger partial charge in [-0.1, -0.05) is 115 Å². The van der Waals surface area contributed by atoms with Gasteiger partial charge in [0.25, 0.3) is 17.7 Å². The quantitative estimate of drug-likeness (QED) is 0.0852. The van der Waals surface area contributed by atoms with Crippen molar-refractivity contribution < 1.29 is 14.4 Å². The molecule has 0 saturated heterocycles. The number of aromatic nitrogens is 3. The molecule has 7 rings (SSSR count). The first-order chi connectivity index (χ1) is 32.1. The number of carbonyl (C=O) groups is 3. The van der Waals surface area contributed by atoms with E-state index in [4.69, 9.17) is 0 Å². The van der Waals surface area contributed by atoms with Crippen LogP contribution in [0.3, 0.4) is 0 Å². The summed E-state index contributed by atoms with van der Waals surface area (Å²) in [5.41, 5.74) is 7.54. The van der Waals surface area contributed by atoms with E-state index >= 15 is 14.4 Å². The molecule has 0 radical (unpaired) electrons. The molecule has 3 aromatic heterocycles. The van der Waals surface area contributed by atoms with Gasteiger partial charge in [0.05, 0.1) is 11.4 Å². The molecule has 0 N–H and O–H groups in total. The minimum Gasteiger partial charge on any atom is -0.308 e. The molecule has 9 nitrogen and oxygen atoms in total. The van der Waals surface area contributed by atoms with Crippen molar-refractivity contribution in [1.82, 2.24) is 19.9 Å². The maximum absolute atomic E-state index is 15.2. The Morgan fingerprint density at radius 2 is 0.939 bits per heavy atom. The second-order valence-electron chi connectivity index (χ2n) is 17.7. The molecular formula is C57H62N6O3. The van der Waals surface area contributed by atoms with Gasteiger partial charge in [-0.2, -0.15) is 0 Å².